The predicted molar refractivity (Wildman–Crippen MR) is 108 cm³/mol. The minimum absolute atomic E-state index is 0.0557. The second-order valence-corrected chi connectivity index (χ2v) is 8.17. The van der Waals surface area contributed by atoms with Gasteiger partial charge in [-0.1, -0.05) is 11.6 Å². The lowest BCUT2D eigenvalue weighted by Gasteiger charge is -2.38. The average Bonchev–Trinajstić information content (AvgIpc) is 3.23. The first-order valence-corrected chi connectivity index (χ1v) is 10.4. The normalized spacial score (nSPS) is 19.7. The highest BCUT2D eigenvalue weighted by Gasteiger charge is 2.34. The second kappa shape index (κ2) is 9.53. The Morgan fingerprint density at radius 1 is 1.10 bits per heavy atom. The van der Waals surface area contributed by atoms with Gasteiger partial charge in [0.05, 0.1) is 23.2 Å². The summed E-state index contributed by atoms with van der Waals surface area (Å²) in [6.07, 6.45) is -2.48. The van der Waals surface area contributed by atoms with Crippen molar-refractivity contribution in [1.29, 1.82) is 0 Å². The molecule has 2 heterocycles. The number of hydrogen-bond acceptors (Lipinski definition) is 4. The molecule has 2 saturated heterocycles. The number of likely N-dealkylation sites (tertiary alicyclic amines) is 1. The van der Waals surface area contributed by atoms with Gasteiger partial charge < -0.3 is 10.2 Å². The number of halogens is 4. The van der Waals surface area contributed by atoms with E-state index in [0.29, 0.717) is 26.2 Å². The molecule has 1 atom stereocenters. The Labute approximate surface area is 178 Å². The van der Waals surface area contributed by atoms with Crippen LogP contribution in [0.25, 0.3) is 0 Å². The number of amides is 2. The van der Waals surface area contributed by atoms with Crippen LogP contribution < -0.4 is 5.32 Å². The quantitative estimate of drug-likeness (QED) is 0.755. The van der Waals surface area contributed by atoms with Gasteiger partial charge in [-0.15, -0.1) is 0 Å². The molecule has 0 unspecified atom stereocenters. The number of carbonyl (C=O) groups is 2. The van der Waals surface area contributed by atoms with Crippen LogP contribution in [-0.4, -0.2) is 78.4 Å². The number of rotatable bonds is 5. The molecule has 166 valence electrons. The number of anilines is 1. The molecule has 0 aliphatic carbocycles. The van der Waals surface area contributed by atoms with Crippen molar-refractivity contribution in [2.75, 3.05) is 51.1 Å². The summed E-state index contributed by atoms with van der Waals surface area (Å²) in [5, 5.41) is 2.10. The van der Waals surface area contributed by atoms with Crippen molar-refractivity contribution >= 4 is 29.1 Å². The molecule has 10 heteroatoms. The molecule has 0 saturated carbocycles. The van der Waals surface area contributed by atoms with Gasteiger partial charge in [0.2, 0.25) is 11.8 Å². The van der Waals surface area contributed by atoms with E-state index in [0.717, 1.165) is 38.1 Å². The van der Waals surface area contributed by atoms with Gasteiger partial charge in [0.25, 0.3) is 0 Å². The van der Waals surface area contributed by atoms with Crippen LogP contribution in [0, 0.1) is 0 Å². The lowest BCUT2D eigenvalue weighted by Crippen LogP contribution is -2.55. The van der Waals surface area contributed by atoms with Gasteiger partial charge in [0.1, 0.15) is 0 Å². The number of nitrogens with one attached hydrogen (secondary N) is 1. The molecule has 2 fully saturated rings. The van der Waals surface area contributed by atoms with Crippen LogP contribution in [-0.2, 0) is 15.8 Å². The zero-order valence-electron chi connectivity index (χ0n) is 16.8. The van der Waals surface area contributed by atoms with E-state index >= 15 is 0 Å². The fourth-order valence-corrected chi connectivity index (χ4v) is 4.12. The molecular formula is C20H26ClF3N4O2. The summed E-state index contributed by atoms with van der Waals surface area (Å²) in [5.74, 6) is -0.234. The number of carbonyl (C=O) groups excluding carboxylic acids is 2. The molecule has 0 bridgehead atoms. The van der Waals surface area contributed by atoms with Crippen LogP contribution in [0.5, 0.6) is 0 Å². The van der Waals surface area contributed by atoms with Gasteiger partial charge in [-0.25, -0.2) is 0 Å². The monoisotopic (exact) mass is 446 g/mol. The molecule has 2 aliphatic rings. The zero-order chi connectivity index (χ0) is 21.9. The predicted octanol–water partition coefficient (Wildman–Crippen LogP) is 2.93. The van der Waals surface area contributed by atoms with Gasteiger partial charge in [-0.2, -0.15) is 13.2 Å². The molecule has 2 aliphatic heterocycles. The zero-order valence-corrected chi connectivity index (χ0v) is 17.6. The van der Waals surface area contributed by atoms with Crippen LogP contribution in [0.1, 0.15) is 25.3 Å². The highest BCUT2D eigenvalue weighted by Crippen LogP contribution is 2.36. The summed E-state index contributed by atoms with van der Waals surface area (Å²) in [7, 11) is 0. The molecule has 0 aromatic heterocycles. The van der Waals surface area contributed by atoms with Crippen molar-refractivity contribution < 1.29 is 22.8 Å². The molecule has 0 spiro atoms. The lowest BCUT2D eigenvalue weighted by molar-refractivity contribution is -0.137. The van der Waals surface area contributed by atoms with Crippen molar-refractivity contribution in [3.05, 3.63) is 28.8 Å². The molecule has 6 nitrogen and oxygen atoms in total. The van der Waals surface area contributed by atoms with E-state index in [1.807, 2.05) is 16.7 Å². The van der Waals surface area contributed by atoms with Gasteiger partial charge in [0, 0.05) is 45.0 Å². The summed E-state index contributed by atoms with van der Waals surface area (Å²) in [4.78, 5) is 30.8. The number of nitrogens with zero attached hydrogens (tertiary/aromatic N) is 3. The van der Waals surface area contributed by atoms with Gasteiger partial charge in [0.15, 0.2) is 0 Å². The summed E-state index contributed by atoms with van der Waals surface area (Å²) >= 11 is 5.60. The minimum Gasteiger partial charge on any atom is -0.341 e. The fraction of sp³-hybridized carbons (Fsp3) is 0.600. The smallest absolute Gasteiger partial charge is 0.341 e. The van der Waals surface area contributed by atoms with Crippen molar-refractivity contribution in [1.82, 2.24) is 14.7 Å². The van der Waals surface area contributed by atoms with E-state index < -0.39 is 16.8 Å². The summed E-state index contributed by atoms with van der Waals surface area (Å²) < 4.78 is 38.9. The Morgan fingerprint density at radius 3 is 2.33 bits per heavy atom. The van der Waals surface area contributed by atoms with Crippen LogP contribution in [0.4, 0.5) is 18.9 Å². The van der Waals surface area contributed by atoms with Crippen LogP contribution >= 0.6 is 11.6 Å². The summed E-state index contributed by atoms with van der Waals surface area (Å²) in [5.41, 5.74) is -0.924. The Hall–Kier alpha value is -1.84. The average molecular weight is 447 g/mol. The minimum atomic E-state index is -4.59. The van der Waals surface area contributed by atoms with Gasteiger partial charge >= 0.3 is 6.18 Å². The van der Waals surface area contributed by atoms with E-state index in [4.69, 9.17) is 11.6 Å². The number of benzene rings is 1. The van der Waals surface area contributed by atoms with Gasteiger partial charge in [-0.05, 0) is 38.0 Å². The highest BCUT2D eigenvalue weighted by atomic mass is 35.5. The molecule has 3 rings (SSSR count). The standard InChI is InChI=1S/C20H26ClF3N4O2/c1-14(19(30)28-6-2-3-7-28)27-10-8-26(9-11-27)13-18(29)25-15-4-5-17(21)16(12-15)20(22,23)24/h4-5,12,14H,2-3,6-11,13H2,1H3,(H,25,29)/t14-/m0/s1. The van der Waals surface area contributed by atoms with Crippen LogP contribution in [0.15, 0.2) is 18.2 Å². The van der Waals surface area contributed by atoms with E-state index in [-0.39, 0.29) is 30.1 Å². The maximum absolute atomic E-state index is 13.0. The molecular weight excluding hydrogens is 421 g/mol. The first-order chi connectivity index (χ1) is 14.1. The third-order valence-corrected chi connectivity index (χ3v) is 5.98. The molecule has 1 N–H and O–H groups in total. The Balaban J connectivity index is 1.48. The van der Waals surface area contributed by atoms with E-state index in [9.17, 15) is 22.8 Å². The SMILES string of the molecule is C[C@@H](C(=O)N1CCCC1)N1CCN(CC(=O)Nc2ccc(Cl)c(C(F)(F)F)c2)CC1. The third kappa shape index (κ3) is 5.65. The van der Waals surface area contributed by atoms with Crippen molar-refractivity contribution in [3.8, 4) is 0 Å². The molecule has 1 aromatic rings. The Morgan fingerprint density at radius 2 is 1.73 bits per heavy atom. The van der Waals surface area contributed by atoms with Crippen molar-refractivity contribution in [2.24, 2.45) is 0 Å². The first-order valence-electron chi connectivity index (χ1n) is 10.1. The van der Waals surface area contributed by atoms with Crippen molar-refractivity contribution in [3.63, 3.8) is 0 Å². The van der Waals surface area contributed by atoms with E-state index in [1.165, 1.54) is 6.07 Å². The second-order valence-electron chi connectivity index (χ2n) is 7.76. The van der Waals surface area contributed by atoms with Crippen molar-refractivity contribution in [2.45, 2.75) is 32.0 Å². The topological polar surface area (TPSA) is 55.9 Å². The molecule has 2 amide bonds. The highest BCUT2D eigenvalue weighted by molar-refractivity contribution is 6.31. The van der Waals surface area contributed by atoms with Gasteiger partial charge in [-0.3, -0.25) is 19.4 Å². The van der Waals surface area contributed by atoms with E-state index in [2.05, 4.69) is 10.2 Å². The molecule has 1 aromatic carbocycles. The fourth-order valence-electron chi connectivity index (χ4n) is 3.89. The molecule has 0 radical (unpaired) electrons. The first kappa shape index (κ1) is 22.8. The number of alkyl halides is 3. The largest absolute Gasteiger partial charge is 0.417 e. The summed E-state index contributed by atoms with van der Waals surface area (Å²) in [6, 6.07) is 3.12. The number of piperazine rings is 1. The van der Waals surface area contributed by atoms with Crippen LogP contribution in [0.2, 0.25) is 5.02 Å². The van der Waals surface area contributed by atoms with Crippen LogP contribution in [0.3, 0.4) is 0 Å². The summed E-state index contributed by atoms with van der Waals surface area (Å²) in [6.45, 7) is 6.18. The Kier molecular flexibility index (Phi) is 7.26. The lowest BCUT2D eigenvalue weighted by atomic mass is 10.2. The maximum Gasteiger partial charge on any atom is 0.417 e. The third-order valence-electron chi connectivity index (χ3n) is 5.65. The molecule has 30 heavy (non-hydrogen) atoms. The van der Waals surface area contributed by atoms with E-state index in [1.54, 1.807) is 0 Å². The maximum atomic E-state index is 13.0. The Bertz CT molecular complexity index is 776. The number of hydrogen-bond donors (Lipinski definition) is 1.